The summed E-state index contributed by atoms with van der Waals surface area (Å²) in [5, 5.41) is 6.23. The predicted molar refractivity (Wildman–Crippen MR) is 110 cm³/mol. The van der Waals surface area contributed by atoms with E-state index in [9.17, 15) is 8.42 Å². The molecule has 0 radical (unpaired) electrons. The van der Waals surface area contributed by atoms with Crippen LogP contribution in [0.5, 0.6) is 5.75 Å². The van der Waals surface area contributed by atoms with Gasteiger partial charge in [-0.25, -0.2) is 18.1 Å². The molecule has 0 spiro atoms. The Morgan fingerprint density at radius 2 is 2.00 bits per heavy atom. The van der Waals surface area contributed by atoms with Crippen molar-refractivity contribution in [1.82, 2.24) is 15.4 Å². The summed E-state index contributed by atoms with van der Waals surface area (Å²) in [6, 6.07) is 7.79. The Hall–Kier alpha value is -1.80. The van der Waals surface area contributed by atoms with Gasteiger partial charge in [0, 0.05) is 25.2 Å². The van der Waals surface area contributed by atoms with Gasteiger partial charge in [0.25, 0.3) is 0 Å². The van der Waals surface area contributed by atoms with Gasteiger partial charge >= 0.3 is 0 Å². The number of aliphatic imine (C=N–C) groups is 1. The van der Waals surface area contributed by atoms with Crippen LogP contribution in [0.1, 0.15) is 38.7 Å². The molecule has 0 bridgehead atoms. The van der Waals surface area contributed by atoms with Crippen LogP contribution in [-0.4, -0.2) is 46.4 Å². The van der Waals surface area contributed by atoms with E-state index in [1.807, 2.05) is 38.1 Å². The van der Waals surface area contributed by atoms with Crippen molar-refractivity contribution in [2.45, 2.75) is 39.7 Å². The second kappa shape index (κ2) is 11.1. The Balaban J connectivity index is 1.84. The number of hydrogen-bond donors (Lipinski definition) is 3. The highest BCUT2D eigenvalue weighted by atomic mass is 32.2. The highest BCUT2D eigenvalue weighted by Crippen LogP contribution is 2.25. The molecule has 0 atom stereocenters. The summed E-state index contributed by atoms with van der Waals surface area (Å²) in [5.41, 5.74) is 0.992. The van der Waals surface area contributed by atoms with Crippen molar-refractivity contribution in [1.29, 1.82) is 0 Å². The standard InChI is InChI=1S/C19H32N4O3S/c1-3-20-19(22-15-17-10-5-6-11-18(17)26-4-2)21-12-13-27(24,25)23-14-16-8-7-9-16/h5-6,10-11,16,23H,3-4,7-9,12-15H2,1-2H3,(H2,20,21,22). The SMILES string of the molecule is CCNC(=NCc1ccccc1OCC)NCCS(=O)(=O)NCC1CCC1. The third kappa shape index (κ3) is 7.76. The van der Waals surface area contributed by atoms with Gasteiger partial charge < -0.3 is 15.4 Å². The van der Waals surface area contributed by atoms with Gasteiger partial charge in [-0.1, -0.05) is 24.6 Å². The maximum atomic E-state index is 12.1. The van der Waals surface area contributed by atoms with E-state index in [2.05, 4.69) is 20.3 Å². The van der Waals surface area contributed by atoms with Gasteiger partial charge in [-0.15, -0.1) is 0 Å². The van der Waals surface area contributed by atoms with E-state index >= 15 is 0 Å². The molecule has 1 aromatic carbocycles. The molecule has 3 N–H and O–H groups in total. The van der Waals surface area contributed by atoms with Crippen molar-refractivity contribution < 1.29 is 13.2 Å². The van der Waals surface area contributed by atoms with E-state index in [0.29, 0.717) is 44.7 Å². The first-order chi connectivity index (χ1) is 13.0. The molecule has 0 heterocycles. The molecule has 1 aromatic rings. The predicted octanol–water partition coefficient (Wildman–Crippen LogP) is 1.86. The number of guanidine groups is 1. The molecule has 27 heavy (non-hydrogen) atoms. The Morgan fingerprint density at radius 1 is 1.22 bits per heavy atom. The molecule has 152 valence electrons. The number of rotatable bonds is 11. The van der Waals surface area contributed by atoms with Gasteiger partial charge in [0.05, 0.1) is 18.9 Å². The lowest BCUT2D eigenvalue weighted by atomic mass is 9.86. The number of sulfonamides is 1. The van der Waals surface area contributed by atoms with Crippen molar-refractivity contribution in [3.8, 4) is 5.75 Å². The van der Waals surface area contributed by atoms with Crippen LogP contribution < -0.4 is 20.1 Å². The average molecular weight is 397 g/mol. The monoisotopic (exact) mass is 396 g/mol. The van der Waals surface area contributed by atoms with Crippen LogP contribution in [0.2, 0.25) is 0 Å². The number of ether oxygens (including phenoxy) is 1. The molecule has 0 aliphatic heterocycles. The van der Waals surface area contributed by atoms with Gasteiger partial charge in [-0.05, 0) is 38.7 Å². The van der Waals surface area contributed by atoms with Gasteiger partial charge in [0.1, 0.15) is 5.75 Å². The van der Waals surface area contributed by atoms with Gasteiger partial charge in [-0.2, -0.15) is 0 Å². The Morgan fingerprint density at radius 3 is 2.67 bits per heavy atom. The summed E-state index contributed by atoms with van der Waals surface area (Å²) in [7, 11) is -3.26. The second-order valence-corrected chi connectivity index (χ2v) is 8.55. The second-order valence-electron chi connectivity index (χ2n) is 6.63. The maximum Gasteiger partial charge on any atom is 0.213 e. The molecular weight excluding hydrogens is 364 g/mol. The average Bonchev–Trinajstić information content (AvgIpc) is 2.59. The lowest BCUT2D eigenvalue weighted by Crippen LogP contribution is -2.42. The van der Waals surface area contributed by atoms with Crippen molar-refractivity contribution in [2.75, 3.05) is 32.0 Å². The van der Waals surface area contributed by atoms with Crippen molar-refractivity contribution >= 4 is 16.0 Å². The topological polar surface area (TPSA) is 91.8 Å². The number of nitrogens with one attached hydrogen (secondary N) is 3. The molecule has 1 aliphatic carbocycles. The van der Waals surface area contributed by atoms with Crippen LogP contribution in [0.15, 0.2) is 29.3 Å². The van der Waals surface area contributed by atoms with Crippen molar-refractivity contribution in [3.63, 3.8) is 0 Å². The zero-order valence-corrected chi connectivity index (χ0v) is 17.1. The Labute approximate surface area is 163 Å². The fraction of sp³-hybridized carbons (Fsp3) is 0.632. The smallest absolute Gasteiger partial charge is 0.213 e. The molecule has 0 aromatic heterocycles. The van der Waals surface area contributed by atoms with E-state index in [1.54, 1.807) is 0 Å². The summed E-state index contributed by atoms with van der Waals surface area (Å²) in [6.07, 6.45) is 3.46. The molecule has 0 unspecified atom stereocenters. The van der Waals surface area contributed by atoms with Crippen molar-refractivity contribution in [2.24, 2.45) is 10.9 Å². The minimum absolute atomic E-state index is 0.0274. The lowest BCUT2D eigenvalue weighted by Gasteiger charge is -2.25. The first-order valence-corrected chi connectivity index (χ1v) is 11.4. The van der Waals surface area contributed by atoms with E-state index in [-0.39, 0.29) is 5.75 Å². The summed E-state index contributed by atoms with van der Waals surface area (Å²) in [5.74, 6) is 1.96. The quantitative estimate of drug-likeness (QED) is 0.392. The fourth-order valence-corrected chi connectivity index (χ4v) is 3.76. The van der Waals surface area contributed by atoms with Gasteiger partial charge in [0.2, 0.25) is 10.0 Å². The van der Waals surface area contributed by atoms with Crippen LogP contribution in [0.25, 0.3) is 0 Å². The molecule has 0 saturated heterocycles. The molecule has 1 aliphatic rings. The Bertz CT molecular complexity index is 703. The number of benzene rings is 1. The molecule has 1 fully saturated rings. The highest BCUT2D eigenvalue weighted by molar-refractivity contribution is 7.89. The zero-order valence-electron chi connectivity index (χ0n) is 16.3. The van der Waals surface area contributed by atoms with E-state index < -0.39 is 10.0 Å². The van der Waals surface area contributed by atoms with Crippen LogP contribution in [0.4, 0.5) is 0 Å². The van der Waals surface area contributed by atoms with Crippen molar-refractivity contribution in [3.05, 3.63) is 29.8 Å². The van der Waals surface area contributed by atoms with E-state index in [4.69, 9.17) is 4.74 Å². The summed E-state index contributed by atoms with van der Waals surface area (Å²) >= 11 is 0. The fourth-order valence-electron chi connectivity index (χ4n) is 2.75. The van der Waals surface area contributed by atoms with Gasteiger partial charge in [0.15, 0.2) is 5.96 Å². The number of hydrogen-bond acceptors (Lipinski definition) is 4. The summed E-state index contributed by atoms with van der Waals surface area (Å²) in [4.78, 5) is 4.54. The first-order valence-electron chi connectivity index (χ1n) is 9.74. The maximum absolute atomic E-state index is 12.1. The number of nitrogens with zero attached hydrogens (tertiary/aromatic N) is 1. The lowest BCUT2D eigenvalue weighted by molar-refractivity contribution is 0.316. The largest absolute Gasteiger partial charge is 0.494 e. The zero-order chi connectivity index (χ0) is 19.5. The third-order valence-electron chi connectivity index (χ3n) is 4.50. The minimum atomic E-state index is -3.26. The summed E-state index contributed by atoms with van der Waals surface area (Å²) < 4.78 is 32.5. The van der Waals surface area contributed by atoms with Gasteiger partial charge in [-0.3, -0.25) is 0 Å². The molecule has 2 rings (SSSR count). The van der Waals surface area contributed by atoms with Crippen LogP contribution in [-0.2, 0) is 16.6 Å². The van der Waals surface area contributed by atoms with E-state index in [1.165, 1.54) is 6.42 Å². The number of para-hydroxylation sites is 1. The minimum Gasteiger partial charge on any atom is -0.494 e. The highest BCUT2D eigenvalue weighted by Gasteiger charge is 2.20. The van der Waals surface area contributed by atoms with Crippen LogP contribution >= 0.6 is 0 Å². The third-order valence-corrected chi connectivity index (χ3v) is 5.85. The van der Waals surface area contributed by atoms with Crippen LogP contribution in [0.3, 0.4) is 0 Å². The Kier molecular flexibility index (Phi) is 8.87. The summed E-state index contributed by atoms with van der Waals surface area (Å²) in [6.45, 7) is 6.55. The molecule has 0 amide bonds. The molecular formula is C19H32N4O3S. The normalized spacial score (nSPS) is 15.3. The first kappa shape index (κ1) is 21.5. The van der Waals surface area contributed by atoms with Crippen LogP contribution in [0, 0.1) is 5.92 Å². The molecule has 8 heteroatoms. The van der Waals surface area contributed by atoms with E-state index in [0.717, 1.165) is 24.2 Å². The molecule has 7 nitrogen and oxygen atoms in total. The molecule has 1 saturated carbocycles.